The summed E-state index contributed by atoms with van der Waals surface area (Å²) in [5, 5.41) is 19.7. The van der Waals surface area contributed by atoms with Gasteiger partial charge in [0.2, 0.25) is 5.91 Å². The first kappa shape index (κ1) is 30.7. The van der Waals surface area contributed by atoms with Gasteiger partial charge >= 0.3 is 5.69 Å². The fourth-order valence-electron chi connectivity index (χ4n) is 6.52. The maximum atomic E-state index is 13.0. The smallest absolute Gasteiger partial charge is 0.340 e. The van der Waals surface area contributed by atoms with Crippen LogP contribution in [0, 0.1) is 11.3 Å². The number of benzene rings is 2. The molecule has 1 aliphatic carbocycles. The molecule has 5 rings (SSSR count). The SMILES string of the molecule is CN(C)C(=O)c1ccc2c(c1)CCc1cc(C(=O)N(C)C)ccc1C2(CCNCC(=O)N1CCC[C@H]1C#N)c1n[nH]c(=O)[nH]1. The molecule has 2 heterocycles. The fraction of sp³-hybridized carbons (Fsp3) is 0.438. The molecule has 0 saturated carbocycles. The van der Waals surface area contributed by atoms with Gasteiger partial charge in [0.05, 0.1) is 18.0 Å². The lowest BCUT2D eigenvalue weighted by Gasteiger charge is -2.35. The Hall–Kier alpha value is -4.76. The van der Waals surface area contributed by atoms with Crippen LogP contribution in [0.4, 0.5) is 0 Å². The Bertz CT molecular complexity index is 1610. The van der Waals surface area contributed by atoms with Gasteiger partial charge in [-0.25, -0.2) is 9.89 Å². The van der Waals surface area contributed by atoms with Crippen LogP contribution in [0.2, 0.25) is 0 Å². The Kier molecular flexibility index (Phi) is 8.69. The van der Waals surface area contributed by atoms with Crippen molar-refractivity contribution in [1.82, 2.24) is 35.2 Å². The van der Waals surface area contributed by atoms with E-state index in [9.17, 15) is 24.4 Å². The number of fused-ring (bicyclic) bond motifs is 2. The van der Waals surface area contributed by atoms with Crippen molar-refractivity contribution in [3.05, 3.63) is 86.1 Å². The van der Waals surface area contributed by atoms with Crippen LogP contribution in [-0.4, -0.2) is 101 Å². The highest BCUT2D eigenvalue weighted by atomic mass is 16.2. The molecule has 0 radical (unpaired) electrons. The zero-order valence-electron chi connectivity index (χ0n) is 25.6. The lowest BCUT2D eigenvalue weighted by Crippen LogP contribution is -2.42. The van der Waals surface area contributed by atoms with Crippen molar-refractivity contribution in [2.24, 2.45) is 0 Å². The van der Waals surface area contributed by atoms with Crippen molar-refractivity contribution in [2.75, 3.05) is 47.8 Å². The van der Waals surface area contributed by atoms with Gasteiger partial charge in [-0.15, -0.1) is 0 Å². The Morgan fingerprint density at radius 3 is 2.11 bits per heavy atom. The third kappa shape index (κ3) is 5.63. The molecular formula is C32H38N8O4. The number of carbonyl (C=O) groups excluding carboxylic acids is 3. The van der Waals surface area contributed by atoms with E-state index in [1.165, 1.54) is 9.80 Å². The predicted octanol–water partition coefficient (Wildman–Crippen LogP) is 1.43. The molecular weight excluding hydrogens is 560 g/mol. The second-order valence-electron chi connectivity index (χ2n) is 11.9. The summed E-state index contributed by atoms with van der Waals surface area (Å²) < 4.78 is 0. The van der Waals surface area contributed by atoms with Crippen LogP contribution >= 0.6 is 0 Å². The average Bonchev–Trinajstić information content (AvgIpc) is 3.66. The van der Waals surface area contributed by atoms with Crippen molar-refractivity contribution < 1.29 is 14.4 Å². The maximum absolute atomic E-state index is 13.0. The van der Waals surface area contributed by atoms with E-state index >= 15 is 0 Å². The van der Waals surface area contributed by atoms with Gasteiger partial charge in [-0.1, -0.05) is 12.1 Å². The van der Waals surface area contributed by atoms with Crippen molar-refractivity contribution in [1.29, 1.82) is 5.26 Å². The molecule has 0 spiro atoms. The van der Waals surface area contributed by atoms with Crippen molar-refractivity contribution >= 4 is 17.7 Å². The number of aryl methyl sites for hydroxylation is 2. The zero-order chi connectivity index (χ0) is 31.6. The minimum Gasteiger partial charge on any atom is -0.345 e. The number of carbonyl (C=O) groups is 3. The number of nitriles is 1. The summed E-state index contributed by atoms with van der Waals surface area (Å²) in [5.41, 5.74) is 3.31. The zero-order valence-corrected chi connectivity index (χ0v) is 25.6. The molecule has 3 amide bonds. The number of likely N-dealkylation sites (tertiary alicyclic amines) is 1. The molecule has 12 heteroatoms. The van der Waals surface area contributed by atoms with Crippen LogP contribution in [0.25, 0.3) is 0 Å². The highest BCUT2D eigenvalue weighted by molar-refractivity contribution is 5.95. The summed E-state index contributed by atoms with van der Waals surface area (Å²) in [5.74, 6) is 0.0362. The molecule has 230 valence electrons. The minimum absolute atomic E-state index is 0.0671. The van der Waals surface area contributed by atoms with E-state index in [-0.39, 0.29) is 24.3 Å². The van der Waals surface area contributed by atoms with Crippen LogP contribution in [-0.2, 0) is 23.1 Å². The number of nitrogens with zero attached hydrogens (tertiary/aromatic N) is 5. The van der Waals surface area contributed by atoms with Gasteiger partial charge in [0.15, 0.2) is 0 Å². The number of nitrogens with one attached hydrogen (secondary N) is 3. The van der Waals surface area contributed by atoms with Gasteiger partial charge in [0.25, 0.3) is 11.8 Å². The lowest BCUT2D eigenvalue weighted by molar-refractivity contribution is -0.130. The largest absolute Gasteiger partial charge is 0.345 e. The van der Waals surface area contributed by atoms with Crippen LogP contribution in [0.3, 0.4) is 0 Å². The highest BCUT2D eigenvalue weighted by Crippen LogP contribution is 2.46. The predicted molar refractivity (Wildman–Crippen MR) is 163 cm³/mol. The van der Waals surface area contributed by atoms with Crippen molar-refractivity contribution in [3.8, 4) is 6.07 Å². The van der Waals surface area contributed by atoms with Gasteiger partial charge < -0.3 is 20.0 Å². The molecule has 0 unspecified atom stereocenters. The van der Waals surface area contributed by atoms with Crippen LogP contribution in [0.15, 0.2) is 41.2 Å². The molecule has 44 heavy (non-hydrogen) atoms. The number of rotatable bonds is 8. The maximum Gasteiger partial charge on any atom is 0.340 e. The quantitative estimate of drug-likeness (QED) is 0.331. The van der Waals surface area contributed by atoms with Crippen molar-refractivity contribution in [2.45, 2.75) is 43.6 Å². The van der Waals surface area contributed by atoms with E-state index < -0.39 is 17.1 Å². The summed E-state index contributed by atoms with van der Waals surface area (Å²) in [6.45, 7) is 1.01. The summed E-state index contributed by atoms with van der Waals surface area (Å²) in [6.07, 6.45) is 3.10. The highest BCUT2D eigenvalue weighted by Gasteiger charge is 2.44. The van der Waals surface area contributed by atoms with Gasteiger partial charge in [0.1, 0.15) is 11.9 Å². The van der Waals surface area contributed by atoms with E-state index in [4.69, 9.17) is 0 Å². The first-order valence-corrected chi connectivity index (χ1v) is 14.8. The first-order chi connectivity index (χ1) is 21.1. The summed E-state index contributed by atoms with van der Waals surface area (Å²) in [6, 6.07) is 13.1. The number of hydrogen-bond acceptors (Lipinski definition) is 7. The monoisotopic (exact) mass is 598 g/mol. The van der Waals surface area contributed by atoms with E-state index in [1.54, 1.807) is 45.2 Å². The second kappa shape index (κ2) is 12.5. The molecule has 3 aromatic rings. The normalized spacial score (nSPS) is 16.8. The van der Waals surface area contributed by atoms with Crippen molar-refractivity contribution in [3.63, 3.8) is 0 Å². The molecule has 1 aliphatic heterocycles. The molecule has 1 fully saturated rings. The third-order valence-electron chi connectivity index (χ3n) is 8.68. The summed E-state index contributed by atoms with van der Waals surface area (Å²) >= 11 is 0. The minimum atomic E-state index is -0.974. The molecule has 1 atom stereocenters. The third-order valence-corrected chi connectivity index (χ3v) is 8.68. The topological polar surface area (TPSA) is 158 Å². The van der Waals surface area contributed by atoms with E-state index in [2.05, 4.69) is 26.6 Å². The van der Waals surface area contributed by atoms with Crippen LogP contribution in [0.5, 0.6) is 0 Å². The van der Waals surface area contributed by atoms with E-state index in [1.807, 2.05) is 24.3 Å². The molecule has 2 aromatic carbocycles. The van der Waals surface area contributed by atoms with Crippen LogP contribution in [0.1, 0.15) is 68.1 Å². The Morgan fingerprint density at radius 2 is 1.61 bits per heavy atom. The van der Waals surface area contributed by atoms with Gasteiger partial charge in [0, 0.05) is 45.9 Å². The molecule has 12 nitrogen and oxygen atoms in total. The molecule has 1 saturated heterocycles. The van der Waals surface area contributed by atoms with Crippen LogP contribution < -0.4 is 11.0 Å². The fourth-order valence-corrected chi connectivity index (χ4v) is 6.52. The van der Waals surface area contributed by atoms with E-state index in [0.29, 0.717) is 55.7 Å². The molecule has 2 aliphatic rings. The Balaban J connectivity index is 1.60. The molecule has 0 bridgehead atoms. The molecule has 3 N–H and O–H groups in total. The summed E-state index contributed by atoms with van der Waals surface area (Å²) in [7, 11) is 6.83. The Morgan fingerprint density at radius 1 is 1.02 bits per heavy atom. The molecule has 1 aromatic heterocycles. The number of amides is 3. The number of aromatic amines is 2. The number of H-pyrrole nitrogens is 2. The number of aromatic nitrogens is 3. The lowest BCUT2D eigenvalue weighted by atomic mass is 9.69. The average molecular weight is 599 g/mol. The van der Waals surface area contributed by atoms with Gasteiger partial charge in [-0.3, -0.25) is 19.4 Å². The first-order valence-electron chi connectivity index (χ1n) is 14.8. The second-order valence-corrected chi connectivity index (χ2v) is 11.9. The van der Waals surface area contributed by atoms with Gasteiger partial charge in [-0.2, -0.15) is 10.4 Å². The van der Waals surface area contributed by atoms with Gasteiger partial charge in [-0.05, 0) is 85.2 Å². The summed E-state index contributed by atoms with van der Waals surface area (Å²) in [4.78, 5) is 58.9. The number of hydrogen-bond donors (Lipinski definition) is 3. The standard InChI is InChI=1S/C32H38N8O4/c1-38(2)28(42)22-9-11-25-20(16-22)7-8-21-17-23(29(43)39(3)4)10-12-26(21)32(25,30-35-31(44)37-36-30)13-14-34-19-27(41)40-15-5-6-24(40)18-33/h9-12,16-17,24,34H,5-8,13-15,19H2,1-4H3,(H2,35,36,37,44)/t24-/m0/s1. The Labute approximate surface area is 256 Å². The van der Waals surface area contributed by atoms with E-state index in [0.717, 1.165) is 28.7 Å².